The highest BCUT2D eigenvalue weighted by Crippen LogP contribution is 2.38. The van der Waals surface area contributed by atoms with Gasteiger partial charge in [-0.2, -0.15) is 0 Å². The predicted octanol–water partition coefficient (Wildman–Crippen LogP) is 3.03. The molecule has 3 heterocycles. The molecule has 2 aromatic rings. The van der Waals surface area contributed by atoms with Crippen molar-refractivity contribution in [2.75, 3.05) is 46.0 Å². The number of para-hydroxylation sites is 2. The molecule has 9 heteroatoms. The smallest absolute Gasteiger partial charge is 0.267 e. The third-order valence-corrected chi connectivity index (χ3v) is 6.21. The summed E-state index contributed by atoms with van der Waals surface area (Å²) in [5.74, 6) is 2.09. The Labute approximate surface area is 202 Å². The first-order valence-electron chi connectivity index (χ1n) is 11.3. The minimum atomic E-state index is -0.679. The first-order valence-corrected chi connectivity index (χ1v) is 11.7. The van der Waals surface area contributed by atoms with Crippen molar-refractivity contribution in [1.29, 1.82) is 0 Å². The highest BCUT2D eigenvalue weighted by atomic mass is 35.5. The predicted molar refractivity (Wildman–Crippen MR) is 126 cm³/mol. The van der Waals surface area contributed by atoms with Gasteiger partial charge in [-0.3, -0.25) is 9.59 Å². The van der Waals surface area contributed by atoms with E-state index in [1.807, 2.05) is 24.3 Å². The molecule has 178 valence electrons. The maximum Gasteiger partial charge on any atom is 0.267 e. The number of hydrogen-bond donors (Lipinski definition) is 0. The van der Waals surface area contributed by atoms with Crippen molar-refractivity contribution in [2.24, 2.45) is 0 Å². The number of nitrogens with zero attached hydrogens (tertiary/aromatic N) is 2. The van der Waals surface area contributed by atoms with Crippen LogP contribution in [0.4, 0.5) is 0 Å². The van der Waals surface area contributed by atoms with Gasteiger partial charge >= 0.3 is 0 Å². The molecule has 1 atom stereocenters. The Balaban J connectivity index is 1.16. The van der Waals surface area contributed by atoms with E-state index in [9.17, 15) is 9.59 Å². The third kappa shape index (κ3) is 4.77. The van der Waals surface area contributed by atoms with Crippen molar-refractivity contribution in [1.82, 2.24) is 9.80 Å². The average Bonchev–Trinajstić information content (AvgIpc) is 3.13. The van der Waals surface area contributed by atoms with Crippen LogP contribution in [-0.2, 0) is 9.59 Å². The number of fused-ring (bicyclic) bond motifs is 2. The lowest BCUT2D eigenvalue weighted by Gasteiger charge is -2.36. The Morgan fingerprint density at radius 1 is 0.912 bits per heavy atom. The van der Waals surface area contributed by atoms with Gasteiger partial charge in [-0.25, -0.2) is 0 Å². The van der Waals surface area contributed by atoms with Crippen molar-refractivity contribution in [3.8, 4) is 23.0 Å². The lowest BCUT2D eigenvalue weighted by atomic mass is 10.1. The first-order chi connectivity index (χ1) is 16.6. The van der Waals surface area contributed by atoms with Gasteiger partial charge in [0.2, 0.25) is 12.0 Å². The Morgan fingerprint density at radius 2 is 1.65 bits per heavy atom. The standard InChI is InChI=1S/C25H25ClN2O6/c26-18-14-17(15-21-24(18)32-13-3-12-31-21)6-7-23(29)27-8-10-28(11-9-27)25(30)22-16-33-19-4-1-2-5-20(19)34-22/h1-2,4-7,14-15,22H,3,8-13,16H2. The lowest BCUT2D eigenvalue weighted by Crippen LogP contribution is -2.54. The first kappa shape index (κ1) is 22.4. The lowest BCUT2D eigenvalue weighted by molar-refractivity contribution is -0.145. The van der Waals surface area contributed by atoms with Gasteiger partial charge < -0.3 is 28.7 Å². The SMILES string of the molecule is O=C(C=Cc1cc(Cl)c2c(c1)OCCCO2)N1CCN(C(=O)C2COc3ccccc3O2)CC1. The van der Waals surface area contributed by atoms with Gasteiger partial charge in [-0.15, -0.1) is 0 Å². The Kier molecular flexibility index (Phi) is 6.49. The monoisotopic (exact) mass is 484 g/mol. The number of benzene rings is 2. The fourth-order valence-electron chi connectivity index (χ4n) is 4.11. The fourth-order valence-corrected chi connectivity index (χ4v) is 4.39. The van der Waals surface area contributed by atoms with Gasteiger partial charge in [0.1, 0.15) is 6.61 Å². The molecule has 1 unspecified atom stereocenters. The van der Waals surface area contributed by atoms with Gasteiger partial charge in [-0.05, 0) is 35.9 Å². The maximum atomic E-state index is 12.9. The summed E-state index contributed by atoms with van der Waals surface area (Å²) < 4.78 is 22.8. The minimum absolute atomic E-state index is 0.124. The van der Waals surface area contributed by atoms with E-state index >= 15 is 0 Å². The van der Waals surface area contributed by atoms with E-state index in [0.717, 1.165) is 12.0 Å². The van der Waals surface area contributed by atoms with Crippen LogP contribution in [0.2, 0.25) is 5.02 Å². The van der Waals surface area contributed by atoms with E-state index in [1.165, 1.54) is 6.08 Å². The molecule has 2 amide bonds. The van der Waals surface area contributed by atoms with Crippen LogP contribution in [0.15, 0.2) is 42.5 Å². The van der Waals surface area contributed by atoms with Crippen LogP contribution >= 0.6 is 11.6 Å². The molecule has 0 bridgehead atoms. The molecule has 34 heavy (non-hydrogen) atoms. The Morgan fingerprint density at radius 3 is 2.47 bits per heavy atom. The van der Waals surface area contributed by atoms with Crippen LogP contribution in [-0.4, -0.2) is 73.7 Å². The minimum Gasteiger partial charge on any atom is -0.489 e. The molecule has 8 nitrogen and oxygen atoms in total. The molecule has 3 aliphatic rings. The number of amides is 2. The summed E-state index contributed by atoms with van der Waals surface area (Å²) in [6.07, 6.45) is 3.34. The molecule has 1 fully saturated rings. The quantitative estimate of drug-likeness (QED) is 0.623. The van der Waals surface area contributed by atoms with E-state index in [-0.39, 0.29) is 18.4 Å². The average molecular weight is 485 g/mol. The largest absolute Gasteiger partial charge is 0.489 e. The summed E-state index contributed by atoms with van der Waals surface area (Å²) in [7, 11) is 0. The van der Waals surface area contributed by atoms with E-state index in [2.05, 4.69) is 0 Å². The molecule has 0 radical (unpaired) electrons. The van der Waals surface area contributed by atoms with Crippen LogP contribution in [0.5, 0.6) is 23.0 Å². The number of ether oxygens (including phenoxy) is 4. The number of piperazine rings is 1. The second kappa shape index (κ2) is 9.85. The van der Waals surface area contributed by atoms with Crippen molar-refractivity contribution in [3.63, 3.8) is 0 Å². The van der Waals surface area contributed by atoms with Crippen LogP contribution < -0.4 is 18.9 Å². The summed E-state index contributed by atoms with van der Waals surface area (Å²) in [4.78, 5) is 29.1. The number of rotatable bonds is 3. The number of carbonyl (C=O) groups excluding carboxylic acids is 2. The highest BCUT2D eigenvalue weighted by molar-refractivity contribution is 6.32. The molecule has 0 saturated carbocycles. The second-order valence-corrected chi connectivity index (χ2v) is 8.64. The van der Waals surface area contributed by atoms with Crippen molar-refractivity contribution in [2.45, 2.75) is 12.5 Å². The number of halogens is 1. The zero-order chi connectivity index (χ0) is 23.5. The molecule has 0 spiro atoms. The van der Waals surface area contributed by atoms with Crippen LogP contribution in [0.3, 0.4) is 0 Å². The van der Waals surface area contributed by atoms with Crippen LogP contribution in [0.25, 0.3) is 6.08 Å². The molecule has 0 N–H and O–H groups in total. The zero-order valence-corrected chi connectivity index (χ0v) is 19.3. The normalized spacial score (nSPS) is 19.6. The van der Waals surface area contributed by atoms with Crippen molar-refractivity contribution < 1.29 is 28.5 Å². The van der Waals surface area contributed by atoms with E-state index in [0.29, 0.717) is 67.4 Å². The van der Waals surface area contributed by atoms with E-state index in [4.69, 9.17) is 30.5 Å². The molecular formula is C25H25ClN2O6. The van der Waals surface area contributed by atoms with E-state index < -0.39 is 6.10 Å². The summed E-state index contributed by atoms with van der Waals surface area (Å²) in [5.41, 5.74) is 0.756. The third-order valence-electron chi connectivity index (χ3n) is 5.93. The Hall–Kier alpha value is -3.39. The highest BCUT2D eigenvalue weighted by Gasteiger charge is 2.33. The summed E-state index contributed by atoms with van der Waals surface area (Å²) in [5, 5.41) is 0.454. The molecule has 1 saturated heterocycles. The van der Waals surface area contributed by atoms with Gasteiger partial charge in [-0.1, -0.05) is 23.7 Å². The number of carbonyl (C=O) groups is 2. The molecule has 0 aliphatic carbocycles. The van der Waals surface area contributed by atoms with E-state index in [1.54, 1.807) is 28.0 Å². The van der Waals surface area contributed by atoms with Gasteiger partial charge in [0.15, 0.2) is 23.0 Å². The number of hydrogen-bond acceptors (Lipinski definition) is 6. The molecule has 0 aromatic heterocycles. The van der Waals surface area contributed by atoms with Gasteiger partial charge in [0.25, 0.3) is 5.91 Å². The van der Waals surface area contributed by atoms with Crippen molar-refractivity contribution in [3.05, 3.63) is 53.1 Å². The van der Waals surface area contributed by atoms with Crippen LogP contribution in [0.1, 0.15) is 12.0 Å². The maximum absolute atomic E-state index is 12.9. The fraction of sp³-hybridized carbons (Fsp3) is 0.360. The topological polar surface area (TPSA) is 77.5 Å². The Bertz CT molecular complexity index is 1110. The molecule has 3 aliphatic heterocycles. The molecular weight excluding hydrogens is 460 g/mol. The van der Waals surface area contributed by atoms with Crippen molar-refractivity contribution >= 4 is 29.5 Å². The summed E-state index contributed by atoms with van der Waals surface area (Å²) >= 11 is 6.33. The van der Waals surface area contributed by atoms with Gasteiger partial charge in [0, 0.05) is 38.7 Å². The van der Waals surface area contributed by atoms with Crippen LogP contribution in [0, 0.1) is 0 Å². The summed E-state index contributed by atoms with van der Waals surface area (Å²) in [6.45, 7) is 3.06. The molecule has 2 aromatic carbocycles. The molecule has 5 rings (SSSR count). The summed E-state index contributed by atoms with van der Waals surface area (Å²) in [6, 6.07) is 10.9. The second-order valence-electron chi connectivity index (χ2n) is 8.23. The zero-order valence-electron chi connectivity index (χ0n) is 18.6. The van der Waals surface area contributed by atoms with Gasteiger partial charge in [0.05, 0.1) is 18.2 Å².